The molecule has 0 fully saturated rings. The van der Waals surface area contributed by atoms with Gasteiger partial charge in [0.25, 0.3) is 0 Å². The van der Waals surface area contributed by atoms with E-state index in [1.165, 1.54) is 9.87 Å². The molecule has 0 aliphatic heterocycles. The largest absolute Gasteiger partial charge is 0.441 e. The van der Waals surface area contributed by atoms with E-state index in [9.17, 15) is 13.2 Å². The summed E-state index contributed by atoms with van der Waals surface area (Å²) in [6.07, 6.45) is 2.33. The molecule has 32 heavy (non-hydrogen) atoms. The minimum absolute atomic E-state index is 0.125. The molecule has 0 atom stereocenters. The minimum atomic E-state index is -3.48. The molecule has 3 aromatic rings. The number of nitrogens with one attached hydrogen (secondary N) is 1. The molecule has 0 unspecified atom stereocenters. The highest BCUT2D eigenvalue weighted by atomic mass is 32.2. The molecular weight excluding hydrogens is 426 g/mol. The van der Waals surface area contributed by atoms with Gasteiger partial charge in [-0.2, -0.15) is 4.31 Å². The number of hydrogen-bond acceptors (Lipinski definition) is 5. The highest BCUT2D eigenvalue weighted by Crippen LogP contribution is 2.21. The van der Waals surface area contributed by atoms with Crippen molar-refractivity contribution in [3.05, 3.63) is 71.7 Å². The number of benzene rings is 2. The van der Waals surface area contributed by atoms with Gasteiger partial charge in [-0.25, -0.2) is 13.4 Å². The summed E-state index contributed by atoms with van der Waals surface area (Å²) in [4.78, 5) is 16.7. The van der Waals surface area contributed by atoms with Crippen molar-refractivity contribution in [3.63, 3.8) is 0 Å². The van der Waals surface area contributed by atoms with E-state index in [2.05, 4.69) is 10.3 Å². The van der Waals surface area contributed by atoms with Crippen LogP contribution in [0.5, 0.6) is 0 Å². The van der Waals surface area contributed by atoms with Gasteiger partial charge in [-0.1, -0.05) is 55.8 Å². The van der Waals surface area contributed by atoms with Crippen LogP contribution in [0.4, 0.5) is 0 Å². The van der Waals surface area contributed by atoms with E-state index in [0.717, 1.165) is 11.1 Å². The second kappa shape index (κ2) is 10.6. The number of hydrogen-bond donors (Lipinski definition) is 1. The molecule has 170 valence electrons. The zero-order chi connectivity index (χ0) is 23.1. The van der Waals surface area contributed by atoms with Gasteiger partial charge in [-0.3, -0.25) is 4.79 Å². The van der Waals surface area contributed by atoms with E-state index in [4.69, 9.17) is 4.42 Å². The Hall–Kier alpha value is -2.97. The first kappa shape index (κ1) is 23.7. The third-order valence-corrected chi connectivity index (χ3v) is 7.28. The maximum atomic E-state index is 12.5. The molecule has 1 amide bonds. The Balaban J connectivity index is 1.50. The number of rotatable bonds is 10. The molecule has 1 heterocycles. The second-order valence-electron chi connectivity index (χ2n) is 7.49. The maximum Gasteiger partial charge on any atom is 0.243 e. The predicted molar refractivity (Wildman–Crippen MR) is 123 cm³/mol. The topological polar surface area (TPSA) is 92.5 Å². The number of aryl methyl sites for hydroxylation is 2. The Kier molecular flexibility index (Phi) is 7.82. The van der Waals surface area contributed by atoms with Crippen LogP contribution in [0, 0.1) is 6.92 Å². The summed E-state index contributed by atoms with van der Waals surface area (Å²) in [5.41, 5.74) is 2.95. The average molecular weight is 456 g/mol. The van der Waals surface area contributed by atoms with Crippen molar-refractivity contribution in [1.82, 2.24) is 14.6 Å². The molecule has 0 saturated heterocycles. The SMILES string of the molecule is CCN(CC)S(=O)(=O)c1ccc(CNC(=O)CCc2ncc(-c3ccc(C)cc3)o2)cc1. The molecule has 0 aliphatic rings. The number of amides is 1. The monoisotopic (exact) mass is 455 g/mol. The molecule has 0 radical (unpaired) electrons. The fourth-order valence-corrected chi connectivity index (χ4v) is 4.74. The number of nitrogens with zero attached hydrogens (tertiary/aromatic N) is 2. The van der Waals surface area contributed by atoms with Crippen molar-refractivity contribution in [2.24, 2.45) is 0 Å². The Morgan fingerprint density at radius 1 is 1.03 bits per heavy atom. The summed E-state index contributed by atoms with van der Waals surface area (Å²) in [5, 5.41) is 2.85. The molecule has 1 N–H and O–H groups in total. The normalized spacial score (nSPS) is 11.6. The lowest BCUT2D eigenvalue weighted by atomic mass is 10.1. The van der Waals surface area contributed by atoms with E-state index < -0.39 is 10.0 Å². The van der Waals surface area contributed by atoms with Gasteiger partial charge in [0.05, 0.1) is 11.1 Å². The highest BCUT2D eigenvalue weighted by molar-refractivity contribution is 7.89. The van der Waals surface area contributed by atoms with Crippen molar-refractivity contribution >= 4 is 15.9 Å². The van der Waals surface area contributed by atoms with Gasteiger partial charge in [-0.05, 0) is 24.6 Å². The fourth-order valence-electron chi connectivity index (χ4n) is 3.28. The van der Waals surface area contributed by atoms with Crippen molar-refractivity contribution in [2.75, 3.05) is 13.1 Å². The lowest BCUT2D eigenvalue weighted by Gasteiger charge is -2.18. The van der Waals surface area contributed by atoms with E-state index >= 15 is 0 Å². The number of carbonyl (C=O) groups is 1. The highest BCUT2D eigenvalue weighted by Gasteiger charge is 2.21. The first-order valence-electron chi connectivity index (χ1n) is 10.7. The van der Waals surface area contributed by atoms with Crippen LogP contribution in [0.1, 0.15) is 37.3 Å². The van der Waals surface area contributed by atoms with Gasteiger partial charge in [0.1, 0.15) is 0 Å². The number of carbonyl (C=O) groups excluding carboxylic acids is 1. The summed E-state index contributed by atoms with van der Waals surface area (Å²) in [6, 6.07) is 14.6. The average Bonchev–Trinajstić information content (AvgIpc) is 3.27. The van der Waals surface area contributed by atoms with E-state index in [1.54, 1.807) is 30.5 Å². The van der Waals surface area contributed by atoms with E-state index in [0.29, 0.717) is 37.7 Å². The summed E-state index contributed by atoms with van der Waals surface area (Å²) >= 11 is 0. The van der Waals surface area contributed by atoms with Crippen LogP contribution in [0.25, 0.3) is 11.3 Å². The van der Waals surface area contributed by atoms with Crippen LogP contribution >= 0.6 is 0 Å². The van der Waals surface area contributed by atoms with Crippen LogP contribution in [-0.4, -0.2) is 36.7 Å². The molecule has 1 aromatic heterocycles. The maximum absolute atomic E-state index is 12.5. The lowest BCUT2D eigenvalue weighted by Crippen LogP contribution is -2.30. The fraction of sp³-hybridized carbons (Fsp3) is 0.333. The van der Waals surface area contributed by atoms with Crippen LogP contribution < -0.4 is 5.32 Å². The zero-order valence-electron chi connectivity index (χ0n) is 18.7. The Bertz CT molecular complexity index is 1130. The number of aromatic nitrogens is 1. The predicted octanol–water partition coefficient (Wildman–Crippen LogP) is 3.93. The molecule has 0 saturated carbocycles. The zero-order valence-corrected chi connectivity index (χ0v) is 19.5. The van der Waals surface area contributed by atoms with Crippen molar-refractivity contribution in [3.8, 4) is 11.3 Å². The van der Waals surface area contributed by atoms with Gasteiger partial charge in [-0.15, -0.1) is 0 Å². The number of sulfonamides is 1. The smallest absolute Gasteiger partial charge is 0.243 e. The molecule has 7 nitrogen and oxygen atoms in total. The van der Waals surface area contributed by atoms with Gasteiger partial charge >= 0.3 is 0 Å². The summed E-state index contributed by atoms with van der Waals surface area (Å²) in [7, 11) is -3.48. The van der Waals surface area contributed by atoms with Crippen molar-refractivity contribution in [2.45, 2.75) is 45.1 Å². The van der Waals surface area contributed by atoms with E-state index in [1.807, 2.05) is 45.0 Å². The standard InChI is InChI=1S/C24H29N3O4S/c1-4-27(5-2)32(29,30)21-12-8-19(9-13-21)16-25-23(28)14-15-24-26-17-22(31-24)20-10-6-18(3)7-11-20/h6-13,17H,4-5,14-16H2,1-3H3,(H,25,28). The second-order valence-corrected chi connectivity index (χ2v) is 9.43. The quantitative estimate of drug-likeness (QED) is 0.500. The Morgan fingerprint density at radius 3 is 2.31 bits per heavy atom. The Labute approximate surface area is 189 Å². The van der Waals surface area contributed by atoms with Crippen LogP contribution in [0.3, 0.4) is 0 Å². The number of oxazole rings is 1. The summed E-state index contributed by atoms with van der Waals surface area (Å²) in [5.74, 6) is 1.07. The van der Waals surface area contributed by atoms with Crippen molar-refractivity contribution in [1.29, 1.82) is 0 Å². The molecule has 8 heteroatoms. The third-order valence-electron chi connectivity index (χ3n) is 5.21. The summed E-state index contributed by atoms with van der Waals surface area (Å²) in [6.45, 7) is 6.82. The van der Waals surface area contributed by atoms with Gasteiger partial charge in [0.15, 0.2) is 11.7 Å². The summed E-state index contributed by atoms with van der Waals surface area (Å²) < 4.78 is 32.2. The minimum Gasteiger partial charge on any atom is -0.441 e. The van der Waals surface area contributed by atoms with Crippen LogP contribution in [0.15, 0.2) is 64.0 Å². The third kappa shape index (κ3) is 5.83. The molecule has 0 aliphatic carbocycles. The van der Waals surface area contributed by atoms with Gasteiger partial charge < -0.3 is 9.73 Å². The molecule has 2 aromatic carbocycles. The molecule has 0 spiro atoms. The van der Waals surface area contributed by atoms with Gasteiger partial charge in [0, 0.05) is 38.0 Å². The van der Waals surface area contributed by atoms with Crippen LogP contribution in [-0.2, 0) is 27.8 Å². The lowest BCUT2D eigenvalue weighted by molar-refractivity contribution is -0.121. The van der Waals surface area contributed by atoms with E-state index in [-0.39, 0.29) is 17.2 Å². The molecule has 0 bridgehead atoms. The van der Waals surface area contributed by atoms with Crippen LogP contribution in [0.2, 0.25) is 0 Å². The van der Waals surface area contributed by atoms with Crippen molar-refractivity contribution < 1.29 is 17.6 Å². The van der Waals surface area contributed by atoms with Gasteiger partial charge in [0.2, 0.25) is 15.9 Å². The molecule has 3 rings (SSSR count). The first-order valence-corrected chi connectivity index (χ1v) is 12.1. The molecular formula is C24H29N3O4S. The first-order chi connectivity index (χ1) is 15.3. The Morgan fingerprint density at radius 2 is 1.69 bits per heavy atom.